The van der Waals surface area contributed by atoms with E-state index in [9.17, 15) is 4.79 Å². The van der Waals surface area contributed by atoms with E-state index in [4.69, 9.17) is 9.47 Å². The third kappa shape index (κ3) is 2.58. The first-order chi connectivity index (χ1) is 9.68. The van der Waals surface area contributed by atoms with E-state index >= 15 is 0 Å². The van der Waals surface area contributed by atoms with Gasteiger partial charge in [-0.3, -0.25) is 4.79 Å². The number of methoxy groups -OCH3 is 1. The number of hydrogen-bond donors (Lipinski definition) is 1. The van der Waals surface area contributed by atoms with E-state index in [1.165, 1.54) is 7.11 Å². The number of carbonyl (C=O) groups is 1. The molecule has 0 aromatic carbocycles. The Morgan fingerprint density at radius 1 is 1.50 bits per heavy atom. The van der Waals surface area contributed by atoms with E-state index in [1.807, 2.05) is 18.2 Å². The van der Waals surface area contributed by atoms with Crippen LogP contribution in [0.25, 0.3) is 0 Å². The summed E-state index contributed by atoms with van der Waals surface area (Å²) in [5, 5.41) is 3.33. The highest BCUT2D eigenvalue weighted by Gasteiger charge is 2.59. The smallest absolute Gasteiger partial charge is 0.313 e. The summed E-state index contributed by atoms with van der Waals surface area (Å²) < 4.78 is 11.1. The lowest BCUT2D eigenvalue weighted by Gasteiger charge is -2.32. The summed E-state index contributed by atoms with van der Waals surface area (Å²) in [6.07, 6.45) is 10.4. The number of nitrogens with one attached hydrogen (secondary N) is 1. The van der Waals surface area contributed by atoms with Crippen molar-refractivity contribution in [3.63, 3.8) is 0 Å². The molecule has 4 atom stereocenters. The van der Waals surface area contributed by atoms with Crippen LogP contribution in [0.2, 0.25) is 0 Å². The van der Waals surface area contributed by atoms with Crippen molar-refractivity contribution in [2.24, 2.45) is 5.92 Å². The minimum atomic E-state index is -0.528. The maximum atomic E-state index is 12.2. The highest BCUT2D eigenvalue weighted by atomic mass is 16.5. The first kappa shape index (κ1) is 15.0. The molecule has 0 aromatic rings. The van der Waals surface area contributed by atoms with Crippen molar-refractivity contribution in [1.29, 1.82) is 0 Å². The molecule has 2 bridgehead atoms. The number of ether oxygens (including phenoxy) is 2. The quantitative estimate of drug-likeness (QED) is 0.419. The molecule has 20 heavy (non-hydrogen) atoms. The van der Waals surface area contributed by atoms with Crippen LogP contribution < -0.4 is 5.32 Å². The monoisotopic (exact) mass is 277 g/mol. The fourth-order valence-corrected chi connectivity index (χ4v) is 3.20. The molecule has 2 aliphatic rings. The molecule has 2 rings (SSSR count). The molecule has 4 heteroatoms. The second-order valence-corrected chi connectivity index (χ2v) is 5.30. The Hall–Kier alpha value is -1.39. The van der Waals surface area contributed by atoms with Crippen molar-refractivity contribution in [3.8, 4) is 0 Å². The normalized spacial score (nSPS) is 34.1. The molecule has 0 spiro atoms. The molecule has 2 heterocycles. The van der Waals surface area contributed by atoms with E-state index in [0.29, 0.717) is 6.54 Å². The Balaban J connectivity index is 2.17. The van der Waals surface area contributed by atoms with Crippen LogP contribution in [0.5, 0.6) is 0 Å². The van der Waals surface area contributed by atoms with Crippen molar-refractivity contribution in [1.82, 2.24) is 5.32 Å². The molecule has 110 valence electrons. The Labute approximate surface area is 120 Å². The first-order valence-corrected chi connectivity index (χ1v) is 7.08. The molecule has 0 unspecified atom stereocenters. The summed E-state index contributed by atoms with van der Waals surface area (Å²) in [6, 6.07) is -0.0471. The van der Waals surface area contributed by atoms with Crippen molar-refractivity contribution in [2.45, 2.75) is 37.0 Å². The van der Waals surface area contributed by atoms with E-state index in [-0.39, 0.29) is 24.0 Å². The van der Waals surface area contributed by atoms with Gasteiger partial charge in [0.2, 0.25) is 0 Å². The molecule has 2 aliphatic heterocycles. The van der Waals surface area contributed by atoms with E-state index in [1.54, 1.807) is 6.08 Å². The Morgan fingerprint density at radius 3 is 2.95 bits per heavy atom. The summed E-state index contributed by atoms with van der Waals surface area (Å²) in [5.41, 5.74) is -0.528. The Bertz CT molecular complexity index is 418. The van der Waals surface area contributed by atoms with Crippen LogP contribution in [0.3, 0.4) is 0 Å². The summed E-state index contributed by atoms with van der Waals surface area (Å²) >= 11 is 0. The van der Waals surface area contributed by atoms with Gasteiger partial charge in [-0.1, -0.05) is 24.3 Å². The first-order valence-electron chi connectivity index (χ1n) is 7.08. The van der Waals surface area contributed by atoms with Crippen LogP contribution in [-0.2, 0) is 14.3 Å². The zero-order valence-corrected chi connectivity index (χ0v) is 12.0. The summed E-state index contributed by atoms with van der Waals surface area (Å²) in [7, 11) is 1.43. The highest BCUT2D eigenvalue weighted by molar-refractivity contribution is 5.76. The van der Waals surface area contributed by atoms with Crippen LogP contribution in [0.1, 0.15) is 19.3 Å². The Kier molecular flexibility index (Phi) is 4.78. The van der Waals surface area contributed by atoms with Crippen LogP contribution in [-0.4, -0.2) is 37.4 Å². The molecule has 0 amide bonds. The van der Waals surface area contributed by atoms with Gasteiger partial charge < -0.3 is 14.8 Å². The maximum absolute atomic E-state index is 12.2. The van der Waals surface area contributed by atoms with Gasteiger partial charge in [-0.2, -0.15) is 0 Å². The van der Waals surface area contributed by atoms with Crippen molar-refractivity contribution in [2.75, 3.05) is 13.7 Å². The fraction of sp³-hybridized carbons (Fsp3) is 0.562. The zero-order chi connectivity index (χ0) is 14.6. The van der Waals surface area contributed by atoms with Gasteiger partial charge in [0, 0.05) is 6.54 Å². The number of rotatable bonds is 8. The molecule has 1 saturated heterocycles. The van der Waals surface area contributed by atoms with Gasteiger partial charge in [-0.25, -0.2) is 0 Å². The van der Waals surface area contributed by atoms with Gasteiger partial charge in [0.15, 0.2) is 0 Å². The molecule has 4 nitrogen and oxygen atoms in total. The number of unbranched alkanes of at least 4 members (excludes halogenated alkanes) is 1. The lowest BCUT2D eigenvalue weighted by atomic mass is 9.76. The second-order valence-electron chi connectivity index (χ2n) is 5.30. The molecule has 1 fully saturated rings. The second kappa shape index (κ2) is 6.37. The number of carbonyl (C=O) groups excluding carboxylic acids is 1. The van der Waals surface area contributed by atoms with Crippen LogP contribution in [0.4, 0.5) is 0 Å². The van der Waals surface area contributed by atoms with Crippen molar-refractivity contribution >= 4 is 5.97 Å². The predicted molar refractivity (Wildman–Crippen MR) is 78.3 cm³/mol. The number of hydrogen-bond acceptors (Lipinski definition) is 4. The van der Waals surface area contributed by atoms with Crippen LogP contribution in [0.15, 0.2) is 37.5 Å². The third-order valence-electron chi connectivity index (χ3n) is 4.09. The van der Waals surface area contributed by atoms with Gasteiger partial charge in [0.1, 0.15) is 11.5 Å². The van der Waals surface area contributed by atoms with Crippen molar-refractivity contribution in [3.05, 3.63) is 37.5 Å². The lowest BCUT2D eigenvalue weighted by molar-refractivity contribution is -0.150. The maximum Gasteiger partial charge on any atom is 0.313 e. The number of allylic oxidation sites excluding steroid dienone is 1. The molecule has 1 N–H and O–H groups in total. The molecule has 0 saturated carbocycles. The topological polar surface area (TPSA) is 47.6 Å². The van der Waals surface area contributed by atoms with Crippen LogP contribution in [0, 0.1) is 5.92 Å². The summed E-state index contributed by atoms with van der Waals surface area (Å²) in [6.45, 7) is 8.09. The van der Waals surface area contributed by atoms with Crippen LogP contribution >= 0.6 is 0 Å². The predicted octanol–water partition coefficient (Wildman–Crippen LogP) is 1.98. The average molecular weight is 277 g/mol. The van der Waals surface area contributed by atoms with Gasteiger partial charge in [-0.05, 0) is 19.3 Å². The van der Waals surface area contributed by atoms with E-state index in [0.717, 1.165) is 19.3 Å². The minimum absolute atomic E-state index is 0.0471. The summed E-state index contributed by atoms with van der Waals surface area (Å²) in [4.78, 5) is 12.2. The number of esters is 1. The minimum Gasteiger partial charge on any atom is -0.469 e. The van der Waals surface area contributed by atoms with Gasteiger partial charge in [0.25, 0.3) is 0 Å². The molecular weight excluding hydrogens is 254 g/mol. The van der Waals surface area contributed by atoms with Gasteiger partial charge in [-0.15, -0.1) is 13.2 Å². The molecular formula is C16H23NO3. The lowest BCUT2D eigenvalue weighted by Crippen LogP contribution is -2.50. The average Bonchev–Trinajstić information content (AvgIpc) is 3.00. The molecule has 0 aromatic heterocycles. The Morgan fingerprint density at radius 2 is 2.30 bits per heavy atom. The zero-order valence-electron chi connectivity index (χ0n) is 12.0. The van der Waals surface area contributed by atoms with E-state index in [2.05, 4.69) is 18.5 Å². The molecule has 0 radical (unpaired) electrons. The largest absolute Gasteiger partial charge is 0.469 e. The van der Waals surface area contributed by atoms with Gasteiger partial charge in [0.05, 0.1) is 19.3 Å². The molecule has 0 aliphatic carbocycles. The standard InChI is InChI=1S/C16H23NO3/c1-4-6-7-9-16-10-8-12(20-16)14(17-11-5-2)13(16)15(18)19-3/h4-5,8,10,12-14,17H,1-2,6-7,9,11H2,3H3/t12-,13-,14-,16+/m1/s1. The van der Waals surface area contributed by atoms with E-state index < -0.39 is 5.60 Å². The van der Waals surface area contributed by atoms with Gasteiger partial charge >= 0.3 is 5.97 Å². The fourth-order valence-electron chi connectivity index (χ4n) is 3.20. The number of fused-ring (bicyclic) bond motifs is 2. The SMILES string of the molecule is C=CCCC[C@@]12C=C[C@@H](O1)[C@@H](NCC=C)[C@@H]2C(=O)OC. The van der Waals surface area contributed by atoms with Crippen molar-refractivity contribution < 1.29 is 14.3 Å². The summed E-state index contributed by atoms with van der Waals surface area (Å²) in [5.74, 6) is -0.510. The third-order valence-corrected chi connectivity index (χ3v) is 4.09. The highest BCUT2D eigenvalue weighted by Crippen LogP contribution is 2.46.